The van der Waals surface area contributed by atoms with E-state index < -0.39 is 11.9 Å². The second-order valence-corrected chi connectivity index (χ2v) is 7.72. The predicted octanol–water partition coefficient (Wildman–Crippen LogP) is 6.88. The van der Waals surface area contributed by atoms with Crippen LogP contribution in [-0.4, -0.2) is 22.2 Å². The van der Waals surface area contributed by atoms with Crippen molar-refractivity contribution in [2.75, 3.05) is 0 Å². The van der Waals surface area contributed by atoms with Crippen molar-refractivity contribution >= 4 is 11.9 Å². The lowest BCUT2D eigenvalue weighted by Crippen LogP contribution is -1.94. The van der Waals surface area contributed by atoms with Gasteiger partial charge in [0.05, 0.1) is 0 Å². The van der Waals surface area contributed by atoms with E-state index in [1.54, 1.807) is 0 Å². The Hall–Kier alpha value is -2.62. The highest BCUT2D eigenvalue weighted by atomic mass is 16.4. The molecule has 2 rings (SSSR count). The fraction of sp³-hybridized carbons (Fsp3) is 0.462. The molecule has 0 saturated carbocycles. The maximum Gasteiger partial charge on any atom is 0.303 e. The molecule has 0 saturated heterocycles. The third-order valence-corrected chi connectivity index (χ3v) is 4.47. The van der Waals surface area contributed by atoms with Crippen molar-refractivity contribution in [3.8, 4) is 0 Å². The Kier molecular flexibility index (Phi) is 15.7. The lowest BCUT2D eigenvalue weighted by molar-refractivity contribution is -0.138. The molecule has 30 heavy (non-hydrogen) atoms. The van der Waals surface area contributed by atoms with E-state index in [1.807, 2.05) is 0 Å². The molecule has 0 aliphatic heterocycles. The molecule has 4 nitrogen and oxygen atoms in total. The molecule has 0 spiro atoms. The third kappa shape index (κ3) is 18.7. The molecule has 0 fully saturated rings. The Labute approximate surface area is 182 Å². The molecule has 0 aliphatic carbocycles. The number of aliphatic carboxylic acids is 2. The standard InChI is InChI=1S/C10H18O4.2C8H10/c11-9(12)7-5-3-1-2-4-6-8-10(13)14;2*1-7-3-5-8(2)6-4-7/h1-8H2,(H,11,12)(H,13,14);2*3-6H,1-2H3. The molecule has 0 radical (unpaired) electrons. The van der Waals surface area contributed by atoms with Crippen LogP contribution >= 0.6 is 0 Å². The molecule has 0 atom stereocenters. The lowest BCUT2D eigenvalue weighted by Gasteiger charge is -1.98. The highest BCUT2D eigenvalue weighted by molar-refractivity contribution is 5.66. The first-order chi connectivity index (χ1) is 14.2. The number of rotatable bonds is 9. The highest BCUT2D eigenvalue weighted by Crippen LogP contribution is 2.08. The van der Waals surface area contributed by atoms with E-state index in [4.69, 9.17) is 10.2 Å². The lowest BCUT2D eigenvalue weighted by atomic mass is 10.1. The molecule has 0 heterocycles. The number of unbranched alkanes of at least 4 members (excludes halogenated alkanes) is 5. The van der Waals surface area contributed by atoms with Crippen molar-refractivity contribution in [3.63, 3.8) is 0 Å². The van der Waals surface area contributed by atoms with Gasteiger partial charge in [0.15, 0.2) is 0 Å². The smallest absolute Gasteiger partial charge is 0.303 e. The van der Waals surface area contributed by atoms with Crippen molar-refractivity contribution in [3.05, 3.63) is 70.8 Å². The van der Waals surface area contributed by atoms with Crippen molar-refractivity contribution in [1.82, 2.24) is 0 Å². The van der Waals surface area contributed by atoms with Crippen molar-refractivity contribution < 1.29 is 19.8 Å². The van der Waals surface area contributed by atoms with Gasteiger partial charge in [0.1, 0.15) is 0 Å². The summed E-state index contributed by atoms with van der Waals surface area (Å²) < 4.78 is 0. The summed E-state index contributed by atoms with van der Waals surface area (Å²) in [5.41, 5.74) is 5.32. The van der Waals surface area contributed by atoms with Crippen LogP contribution < -0.4 is 0 Å². The molecule has 2 aromatic carbocycles. The molecule has 0 amide bonds. The second-order valence-electron chi connectivity index (χ2n) is 7.72. The zero-order valence-corrected chi connectivity index (χ0v) is 19.0. The van der Waals surface area contributed by atoms with E-state index in [-0.39, 0.29) is 12.8 Å². The van der Waals surface area contributed by atoms with Gasteiger partial charge >= 0.3 is 11.9 Å². The van der Waals surface area contributed by atoms with Gasteiger partial charge in [-0.05, 0) is 40.5 Å². The van der Waals surface area contributed by atoms with Crippen LogP contribution in [0.2, 0.25) is 0 Å². The SMILES string of the molecule is Cc1ccc(C)cc1.Cc1ccc(C)cc1.O=C(O)CCCCCCCCC(=O)O. The molecular weight excluding hydrogens is 376 g/mol. The Balaban J connectivity index is 0.000000447. The van der Waals surface area contributed by atoms with Crippen LogP contribution in [0.1, 0.15) is 73.6 Å². The van der Waals surface area contributed by atoms with Crippen LogP contribution in [0.15, 0.2) is 48.5 Å². The molecule has 0 aromatic heterocycles. The molecule has 0 aliphatic rings. The van der Waals surface area contributed by atoms with Crippen LogP contribution in [0.4, 0.5) is 0 Å². The van der Waals surface area contributed by atoms with Gasteiger partial charge in [-0.3, -0.25) is 9.59 Å². The van der Waals surface area contributed by atoms with Gasteiger partial charge in [0, 0.05) is 12.8 Å². The van der Waals surface area contributed by atoms with Crippen LogP contribution in [0.25, 0.3) is 0 Å². The van der Waals surface area contributed by atoms with Crippen molar-refractivity contribution in [2.24, 2.45) is 0 Å². The number of aryl methyl sites for hydroxylation is 4. The normalized spacial score (nSPS) is 9.60. The summed E-state index contributed by atoms with van der Waals surface area (Å²) in [7, 11) is 0. The van der Waals surface area contributed by atoms with Gasteiger partial charge < -0.3 is 10.2 Å². The van der Waals surface area contributed by atoms with Crippen LogP contribution in [0.3, 0.4) is 0 Å². The van der Waals surface area contributed by atoms with Crippen LogP contribution in [-0.2, 0) is 9.59 Å². The summed E-state index contributed by atoms with van der Waals surface area (Å²) in [6, 6.07) is 17.0. The van der Waals surface area contributed by atoms with Gasteiger partial charge in [0.25, 0.3) is 0 Å². The number of hydrogen-bond donors (Lipinski definition) is 2. The summed E-state index contributed by atoms with van der Waals surface area (Å²) in [5, 5.41) is 16.7. The Morgan fingerprint density at radius 3 is 0.900 bits per heavy atom. The van der Waals surface area contributed by atoms with E-state index in [1.165, 1.54) is 22.3 Å². The molecule has 2 N–H and O–H groups in total. The van der Waals surface area contributed by atoms with Crippen LogP contribution in [0.5, 0.6) is 0 Å². The van der Waals surface area contributed by atoms with Crippen LogP contribution in [0, 0.1) is 27.7 Å². The summed E-state index contributed by atoms with van der Waals surface area (Å²) >= 11 is 0. The average molecular weight is 415 g/mol. The second kappa shape index (κ2) is 17.3. The third-order valence-electron chi connectivity index (χ3n) is 4.47. The van der Waals surface area contributed by atoms with Crippen molar-refractivity contribution in [1.29, 1.82) is 0 Å². The summed E-state index contributed by atoms with van der Waals surface area (Å²) in [4.78, 5) is 20.3. The van der Waals surface area contributed by atoms with E-state index >= 15 is 0 Å². The first-order valence-electron chi connectivity index (χ1n) is 10.7. The molecule has 2 aromatic rings. The van der Waals surface area contributed by atoms with Gasteiger partial charge in [-0.2, -0.15) is 0 Å². The predicted molar refractivity (Wildman–Crippen MR) is 124 cm³/mol. The minimum absolute atomic E-state index is 0.245. The number of benzene rings is 2. The van der Waals surface area contributed by atoms with E-state index in [0.717, 1.165) is 38.5 Å². The monoisotopic (exact) mass is 414 g/mol. The van der Waals surface area contributed by atoms with Gasteiger partial charge in [-0.15, -0.1) is 0 Å². The molecule has 0 unspecified atom stereocenters. The maximum atomic E-state index is 10.1. The van der Waals surface area contributed by atoms with E-state index in [0.29, 0.717) is 0 Å². The maximum absolute atomic E-state index is 10.1. The number of carbonyl (C=O) groups is 2. The zero-order chi connectivity index (χ0) is 22.8. The first-order valence-corrected chi connectivity index (χ1v) is 10.7. The summed E-state index contributed by atoms with van der Waals surface area (Å²) in [6.07, 6.45) is 5.82. The number of hydrogen-bond acceptors (Lipinski definition) is 2. The molecule has 0 bridgehead atoms. The fourth-order valence-electron chi connectivity index (χ4n) is 2.53. The average Bonchev–Trinajstić information content (AvgIpc) is 2.69. The van der Waals surface area contributed by atoms with E-state index in [2.05, 4.69) is 76.2 Å². The minimum Gasteiger partial charge on any atom is -0.481 e. The first kappa shape index (κ1) is 27.4. The number of carboxylic acid groups (broad SMARTS) is 2. The zero-order valence-electron chi connectivity index (χ0n) is 19.0. The minimum atomic E-state index is -0.740. The van der Waals surface area contributed by atoms with Gasteiger partial charge in [-0.25, -0.2) is 0 Å². The molecule has 166 valence electrons. The number of carboxylic acids is 2. The van der Waals surface area contributed by atoms with Crippen molar-refractivity contribution in [2.45, 2.75) is 79.1 Å². The van der Waals surface area contributed by atoms with Gasteiger partial charge in [0.2, 0.25) is 0 Å². The molecule has 4 heteroatoms. The Morgan fingerprint density at radius 2 is 0.700 bits per heavy atom. The molecular formula is C26H38O4. The Morgan fingerprint density at radius 1 is 0.500 bits per heavy atom. The quantitative estimate of drug-likeness (QED) is 0.438. The van der Waals surface area contributed by atoms with Gasteiger partial charge in [-0.1, -0.05) is 96.5 Å². The largest absolute Gasteiger partial charge is 0.481 e. The van der Waals surface area contributed by atoms with E-state index in [9.17, 15) is 9.59 Å². The summed E-state index contributed by atoms with van der Waals surface area (Å²) in [5.74, 6) is -1.48. The fourth-order valence-corrected chi connectivity index (χ4v) is 2.53. The topological polar surface area (TPSA) is 74.6 Å². The Bertz CT molecular complexity index is 597. The summed E-state index contributed by atoms with van der Waals surface area (Å²) in [6.45, 7) is 8.39. The highest BCUT2D eigenvalue weighted by Gasteiger charge is 1.98.